The number of fused-ring (bicyclic) bond motifs is 24. The van der Waals surface area contributed by atoms with Crippen molar-refractivity contribution in [2.75, 3.05) is 0 Å². The summed E-state index contributed by atoms with van der Waals surface area (Å²) in [5.41, 5.74) is 27.1. The third-order valence-corrected chi connectivity index (χ3v) is 20.9. The van der Waals surface area contributed by atoms with E-state index in [4.69, 9.17) is 15.0 Å². The molecule has 0 aliphatic heterocycles. The standard InChI is InChI=1S/C87H59N7/c1-86(2)65-39-21-17-35-59(65)77-79(86)83-76(74-61-37-19-22-40-68(61)91(81(74)77)56-30-13-7-14-31-56)63-45-43-55(49-71(63)93(83)58-34-25-47-88-51-58)54-44-46-66-64(48-54)78-80(87(66,3)4)84-75(73-60-36-18-23-41-69(60)92(82(73)78)57-32-15-8-16-33-57)62-38-20-24-42-70(62)94(84)72-50-67(52-26-9-5-10-27-52)89-85(90-72)53-28-11-6-12-29-53/h5-51H,1-4H3. The zero-order chi connectivity index (χ0) is 62.3. The van der Waals surface area contributed by atoms with Crippen molar-refractivity contribution in [3.63, 3.8) is 0 Å². The van der Waals surface area contributed by atoms with Crippen molar-refractivity contribution in [1.82, 2.24) is 33.2 Å². The summed E-state index contributed by atoms with van der Waals surface area (Å²) in [6.07, 6.45) is 3.93. The van der Waals surface area contributed by atoms with E-state index in [-0.39, 0.29) is 5.41 Å². The Balaban J connectivity index is 0.910. The van der Waals surface area contributed by atoms with Gasteiger partial charge >= 0.3 is 0 Å². The van der Waals surface area contributed by atoms with Crippen molar-refractivity contribution in [1.29, 1.82) is 0 Å². The molecule has 7 heteroatoms. The van der Waals surface area contributed by atoms with Gasteiger partial charge in [-0.1, -0.05) is 228 Å². The normalized spacial score (nSPS) is 13.7. The third kappa shape index (κ3) is 7.07. The summed E-state index contributed by atoms with van der Waals surface area (Å²) >= 11 is 0. The highest BCUT2D eigenvalue weighted by molar-refractivity contribution is 6.35. The molecule has 18 aromatic rings. The van der Waals surface area contributed by atoms with Gasteiger partial charge in [0.2, 0.25) is 0 Å². The smallest absolute Gasteiger partial charge is 0.162 e. The van der Waals surface area contributed by atoms with Crippen molar-refractivity contribution >= 4 is 87.2 Å². The molecule has 0 radical (unpaired) electrons. The maximum atomic E-state index is 5.64. The van der Waals surface area contributed by atoms with Crippen LogP contribution in [-0.4, -0.2) is 33.2 Å². The van der Waals surface area contributed by atoms with E-state index in [2.05, 4.69) is 319 Å². The maximum Gasteiger partial charge on any atom is 0.162 e. The first-order chi connectivity index (χ1) is 46.2. The molecule has 0 amide bonds. The Morgan fingerprint density at radius 2 is 0.755 bits per heavy atom. The number of nitrogens with zero attached hydrogens (tertiary/aromatic N) is 7. The summed E-state index contributed by atoms with van der Waals surface area (Å²) in [5.74, 6) is 1.49. The minimum absolute atomic E-state index is 0.361. The molecule has 0 unspecified atom stereocenters. The van der Waals surface area contributed by atoms with Gasteiger partial charge in [0.1, 0.15) is 5.82 Å². The van der Waals surface area contributed by atoms with E-state index in [9.17, 15) is 0 Å². The van der Waals surface area contributed by atoms with Crippen LogP contribution < -0.4 is 0 Å². The number of benzene rings is 12. The molecule has 0 saturated carbocycles. The number of para-hydroxylation sites is 5. The van der Waals surface area contributed by atoms with Crippen molar-refractivity contribution in [3.05, 3.63) is 308 Å². The Morgan fingerprint density at radius 1 is 0.309 bits per heavy atom. The van der Waals surface area contributed by atoms with Gasteiger partial charge in [-0.05, 0) is 111 Å². The lowest BCUT2D eigenvalue weighted by molar-refractivity contribution is 0.664. The topological polar surface area (TPSA) is 58.4 Å². The Labute approximate surface area is 542 Å². The molecule has 442 valence electrons. The van der Waals surface area contributed by atoms with E-state index < -0.39 is 5.41 Å². The fourth-order valence-electron chi connectivity index (χ4n) is 17.1. The van der Waals surface area contributed by atoms with Crippen molar-refractivity contribution in [2.45, 2.75) is 38.5 Å². The van der Waals surface area contributed by atoms with Crippen LogP contribution in [0.5, 0.6) is 0 Å². The Bertz CT molecular complexity index is 6190. The predicted molar refractivity (Wildman–Crippen MR) is 389 cm³/mol. The summed E-state index contributed by atoms with van der Waals surface area (Å²) < 4.78 is 10.1. The summed E-state index contributed by atoms with van der Waals surface area (Å²) in [5, 5.41) is 9.74. The molecule has 94 heavy (non-hydrogen) atoms. The quantitative estimate of drug-likeness (QED) is 0.160. The molecule has 0 N–H and O–H groups in total. The SMILES string of the molecule is CC1(C)c2ccccc2-c2c1c1c(c3ccc(-c4ccc5c(c4)-c4c(c6c(c7ccccc7n6-c6cc(-c7ccccc7)nc(-c7ccccc7)n6)c6c7ccccc7n(-c7ccccc7)c46)C5(C)C)cc3n1-c1cccnc1)c1c3ccccc3n(-c3ccccc3)c21. The van der Waals surface area contributed by atoms with Gasteiger partial charge in [0.15, 0.2) is 5.82 Å². The second kappa shape index (κ2) is 19.3. The van der Waals surface area contributed by atoms with Crippen LogP contribution in [0.1, 0.15) is 49.9 Å². The Hall–Kier alpha value is -11.9. The van der Waals surface area contributed by atoms with Crippen molar-refractivity contribution in [3.8, 4) is 78.9 Å². The van der Waals surface area contributed by atoms with Crippen molar-refractivity contribution < 1.29 is 0 Å². The zero-order valence-electron chi connectivity index (χ0n) is 52.3. The summed E-state index contributed by atoms with van der Waals surface area (Å²) in [6, 6.07) is 100. The minimum atomic E-state index is -0.497. The fraction of sp³-hybridized carbons (Fsp3) is 0.0690. The third-order valence-electron chi connectivity index (χ3n) is 20.9. The van der Waals surface area contributed by atoms with Gasteiger partial charge in [0.25, 0.3) is 0 Å². The first-order valence-corrected chi connectivity index (χ1v) is 32.6. The molecule has 12 aromatic carbocycles. The van der Waals surface area contributed by atoms with Crippen LogP contribution in [0.3, 0.4) is 0 Å². The Kier molecular flexibility index (Phi) is 10.8. The van der Waals surface area contributed by atoms with Crippen LogP contribution in [0.4, 0.5) is 0 Å². The number of rotatable bonds is 7. The lowest BCUT2D eigenvalue weighted by Crippen LogP contribution is -2.17. The van der Waals surface area contributed by atoms with Gasteiger partial charge < -0.3 is 13.7 Å². The van der Waals surface area contributed by atoms with Gasteiger partial charge in [-0.3, -0.25) is 9.55 Å². The van der Waals surface area contributed by atoms with E-state index in [0.717, 1.165) is 72.9 Å². The lowest BCUT2D eigenvalue weighted by atomic mass is 9.80. The second-order valence-electron chi connectivity index (χ2n) is 26.6. The van der Waals surface area contributed by atoms with E-state index in [0.29, 0.717) is 5.82 Å². The molecular formula is C87H59N7. The zero-order valence-corrected chi connectivity index (χ0v) is 52.3. The molecule has 0 spiro atoms. The monoisotopic (exact) mass is 1200 g/mol. The van der Waals surface area contributed by atoms with Crippen LogP contribution in [0.15, 0.2) is 285 Å². The molecular weight excluding hydrogens is 1140 g/mol. The largest absolute Gasteiger partial charge is 0.309 e. The Morgan fingerprint density at radius 3 is 1.35 bits per heavy atom. The van der Waals surface area contributed by atoms with E-state index in [1.807, 2.05) is 12.4 Å². The van der Waals surface area contributed by atoms with Gasteiger partial charge in [-0.15, -0.1) is 0 Å². The minimum Gasteiger partial charge on any atom is -0.309 e. The van der Waals surface area contributed by atoms with Crippen LogP contribution in [-0.2, 0) is 10.8 Å². The summed E-state index contributed by atoms with van der Waals surface area (Å²) in [4.78, 5) is 15.8. The highest BCUT2D eigenvalue weighted by Gasteiger charge is 2.44. The molecule has 2 aliphatic rings. The van der Waals surface area contributed by atoms with Crippen LogP contribution in [0.2, 0.25) is 0 Å². The first-order valence-electron chi connectivity index (χ1n) is 32.6. The van der Waals surface area contributed by atoms with Crippen LogP contribution >= 0.6 is 0 Å². The molecule has 20 rings (SSSR count). The number of hydrogen-bond acceptors (Lipinski definition) is 3. The summed E-state index contributed by atoms with van der Waals surface area (Å²) in [7, 11) is 0. The molecule has 6 aromatic heterocycles. The molecule has 0 fully saturated rings. The van der Waals surface area contributed by atoms with E-state index >= 15 is 0 Å². The van der Waals surface area contributed by atoms with Gasteiger partial charge in [0.05, 0.1) is 61.7 Å². The van der Waals surface area contributed by atoms with Gasteiger partial charge in [0, 0.05) is 99.8 Å². The average molecular weight is 1200 g/mol. The molecule has 0 saturated heterocycles. The van der Waals surface area contributed by atoms with E-state index in [1.165, 1.54) is 110 Å². The number of hydrogen-bond donors (Lipinski definition) is 0. The number of pyridine rings is 1. The number of aromatic nitrogens is 7. The summed E-state index contributed by atoms with van der Waals surface area (Å²) in [6.45, 7) is 9.74. The second-order valence-corrected chi connectivity index (χ2v) is 26.6. The average Bonchev–Trinajstić information content (AvgIpc) is 1.51. The molecule has 2 aliphatic carbocycles. The molecule has 7 nitrogen and oxygen atoms in total. The first kappa shape index (κ1) is 52.8. The molecule has 0 atom stereocenters. The van der Waals surface area contributed by atoms with Gasteiger partial charge in [-0.25, -0.2) is 9.97 Å². The van der Waals surface area contributed by atoms with E-state index in [1.54, 1.807) is 0 Å². The maximum absolute atomic E-state index is 5.64. The predicted octanol–water partition coefficient (Wildman–Crippen LogP) is 21.9. The van der Waals surface area contributed by atoms with Crippen LogP contribution in [0, 0.1) is 0 Å². The molecule has 0 bridgehead atoms. The van der Waals surface area contributed by atoms with Gasteiger partial charge in [-0.2, -0.15) is 0 Å². The van der Waals surface area contributed by atoms with Crippen molar-refractivity contribution in [2.24, 2.45) is 0 Å². The molecule has 6 heterocycles. The highest BCUT2D eigenvalue weighted by Crippen LogP contribution is 2.61. The fourth-order valence-corrected chi connectivity index (χ4v) is 17.1. The lowest BCUT2D eigenvalue weighted by Gasteiger charge is -2.24. The van der Waals surface area contributed by atoms with Crippen LogP contribution in [0.25, 0.3) is 166 Å². The highest BCUT2D eigenvalue weighted by atomic mass is 15.1.